The van der Waals surface area contributed by atoms with Gasteiger partial charge in [-0.15, -0.1) is 0 Å². The van der Waals surface area contributed by atoms with Crippen molar-refractivity contribution in [3.63, 3.8) is 0 Å². The first-order valence-electron chi connectivity index (χ1n) is 7.41. The Kier molecular flexibility index (Phi) is 5.19. The Morgan fingerprint density at radius 2 is 1.95 bits per heavy atom. The molecule has 2 aliphatic heterocycles. The van der Waals surface area contributed by atoms with Crippen molar-refractivity contribution in [2.24, 2.45) is 5.92 Å². The average Bonchev–Trinajstić information content (AvgIpc) is 2.48. The van der Waals surface area contributed by atoms with Gasteiger partial charge in [-0.25, -0.2) is 0 Å². The van der Waals surface area contributed by atoms with Crippen LogP contribution in [0.4, 0.5) is 0 Å². The van der Waals surface area contributed by atoms with E-state index in [1.807, 2.05) is 11.8 Å². The molecular formula is C14H24N2O3. The van der Waals surface area contributed by atoms with Crippen molar-refractivity contribution in [2.75, 3.05) is 26.2 Å². The Bertz CT molecular complexity index is 319. The molecule has 2 fully saturated rings. The maximum atomic E-state index is 12.3. The standard InChI is InChI=1S/C14H24N2O3/c1-2-19-14(18)11-6-9-16(10-7-11)13(17)12-5-3-4-8-15-12/h11-12,15H,2-10H2,1H3/t12-/m1/s1. The molecule has 0 aliphatic carbocycles. The van der Waals surface area contributed by atoms with Gasteiger partial charge in [-0.2, -0.15) is 0 Å². The fourth-order valence-corrected chi connectivity index (χ4v) is 2.88. The number of carbonyl (C=O) groups excluding carboxylic acids is 2. The quantitative estimate of drug-likeness (QED) is 0.774. The van der Waals surface area contributed by atoms with Crippen molar-refractivity contribution in [3.05, 3.63) is 0 Å². The van der Waals surface area contributed by atoms with Crippen LogP contribution >= 0.6 is 0 Å². The smallest absolute Gasteiger partial charge is 0.309 e. The van der Waals surface area contributed by atoms with Crippen LogP contribution < -0.4 is 5.32 Å². The largest absolute Gasteiger partial charge is 0.466 e. The van der Waals surface area contributed by atoms with Gasteiger partial charge in [0, 0.05) is 13.1 Å². The second-order valence-electron chi connectivity index (χ2n) is 5.35. The molecule has 2 aliphatic rings. The third kappa shape index (κ3) is 3.69. The molecule has 2 saturated heterocycles. The van der Waals surface area contributed by atoms with Crippen LogP contribution in [0.3, 0.4) is 0 Å². The van der Waals surface area contributed by atoms with Crippen LogP contribution in [0, 0.1) is 5.92 Å². The van der Waals surface area contributed by atoms with Crippen molar-refractivity contribution in [2.45, 2.75) is 45.1 Å². The van der Waals surface area contributed by atoms with Gasteiger partial charge >= 0.3 is 5.97 Å². The zero-order valence-corrected chi connectivity index (χ0v) is 11.7. The monoisotopic (exact) mass is 268 g/mol. The van der Waals surface area contributed by atoms with Gasteiger partial charge in [0.05, 0.1) is 18.6 Å². The highest BCUT2D eigenvalue weighted by Gasteiger charge is 2.31. The SMILES string of the molecule is CCOC(=O)C1CCN(C(=O)[C@H]2CCCCN2)CC1. The molecule has 0 aromatic heterocycles. The third-order valence-corrected chi connectivity index (χ3v) is 4.03. The Labute approximate surface area is 114 Å². The normalized spacial score (nSPS) is 25.1. The third-order valence-electron chi connectivity index (χ3n) is 4.03. The van der Waals surface area contributed by atoms with E-state index in [1.54, 1.807) is 0 Å². The van der Waals surface area contributed by atoms with Gasteiger partial charge in [0.2, 0.25) is 5.91 Å². The number of ether oxygens (including phenoxy) is 1. The molecule has 108 valence electrons. The van der Waals surface area contributed by atoms with E-state index in [2.05, 4.69) is 5.32 Å². The first-order valence-corrected chi connectivity index (χ1v) is 7.41. The van der Waals surface area contributed by atoms with Gasteiger partial charge in [-0.1, -0.05) is 6.42 Å². The van der Waals surface area contributed by atoms with Crippen molar-refractivity contribution in [1.82, 2.24) is 10.2 Å². The number of esters is 1. The zero-order chi connectivity index (χ0) is 13.7. The maximum absolute atomic E-state index is 12.3. The fourth-order valence-electron chi connectivity index (χ4n) is 2.88. The molecule has 2 rings (SSSR count). The molecule has 2 heterocycles. The van der Waals surface area contributed by atoms with E-state index in [9.17, 15) is 9.59 Å². The number of hydrogen-bond acceptors (Lipinski definition) is 4. The topological polar surface area (TPSA) is 58.6 Å². The first-order chi connectivity index (χ1) is 9.22. The number of amides is 1. The minimum absolute atomic E-state index is 0.00658. The lowest BCUT2D eigenvalue weighted by Gasteiger charge is -2.34. The maximum Gasteiger partial charge on any atom is 0.309 e. The van der Waals surface area contributed by atoms with Gasteiger partial charge in [0.1, 0.15) is 0 Å². The molecule has 5 heteroatoms. The van der Waals surface area contributed by atoms with Crippen molar-refractivity contribution in [3.8, 4) is 0 Å². The first kappa shape index (κ1) is 14.3. The molecule has 19 heavy (non-hydrogen) atoms. The second kappa shape index (κ2) is 6.89. The fraction of sp³-hybridized carbons (Fsp3) is 0.857. The van der Waals surface area contributed by atoms with E-state index >= 15 is 0 Å². The number of rotatable bonds is 3. The van der Waals surface area contributed by atoms with E-state index < -0.39 is 0 Å². The molecule has 1 N–H and O–H groups in total. The van der Waals surface area contributed by atoms with Gasteiger partial charge in [-0.05, 0) is 39.2 Å². The summed E-state index contributed by atoms with van der Waals surface area (Å²) in [6.07, 6.45) is 4.70. The molecule has 0 bridgehead atoms. The summed E-state index contributed by atoms with van der Waals surface area (Å²) in [7, 11) is 0. The minimum Gasteiger partial charge on any atom is -0.466 e. The van der Waals surface area contributed by atoms with Gasteiger partial charge in [0.25, 0.3) is 0 Å². The summed E-state index contributed by atoms with van der Waals surface area (Å²) in [5.74, 6) is 0.0794. The molecule has 0 spiro atoms. The summed E-state index contributed by atoms with van der Waals surface area (Å²) in [5.41, 5.74) is 0. The minimum atomic E-state index is -0.106. The molecule has 0 aromatic rings. The van der Waals surface area contributed by atoms with Crippen LogP contribution in [0.1, 0.15) is 39.0 Å². The van der Waals surface area contributed by atoms with E-state index in [0.29, 0.717) is 19.7 Å². The average molecular weight is 268 g/mol. The van der Waals surface area contributed by atoms with Crippen LogP contribution in [-0.2, 0) is 14.3 Å². The second-order valence-corrected chi connectivity index (χ2v) is 5.35. The van der Waals surface area contributed by atoms with Gasteiger partial charge in [0.15, 0.2) is 0 Å². The highest BCUT2D eigenvalue weighted by atomic mass is 16.5. The predicted octanol–water partition coefficient (Wildman–Crippen LogP) is 0.930. The number of hydrogen-bond donors (Lipinski definition) is 1. The Hall–Kier alpha value is -1.10. The number of nitrogens with zero attached hydrogens (tertiary/aromatic N) is 1. The highest BCUT2D eigenvalue weighted by molar-refractivity contribution is 5.82. The van der Waals surface area contributed by atoms with Gasteiger partial charge < -0.3 is 15.0 Å². The Morgan fingerprint density at radius 1 is 1.21 bits per heavy atom. The summed E-state index contributed by atoms with van der Waals surface area (Å²) < 4.78 is 5.04. The van der Waals surface area contributed by atoms with Crippen LogP contribution in [-0.4, -0.2) is 49.1 Å². The van der Waals surface area contributed by atoms with E-state index in [-0.39, 0.29) is 23.8 Å². The predicted molar refractivity (Wildman–Crippen MR) is 71.6 cm³/mol. The lowest BCUT2D eigenvalue weighted by atomic mass is 9.95. The number of likely N-dealkylation sites (tertiary alicyclic amines) is 1. The van der Waals surface area contributed by atoms with Crippen molar-refractivity contribution < 1.29 is 14.3 Å². The lowest BCUT2D eigenvalue weighted by Crippen LogP contribution is -2.51. The van der Waals surface area contributed by atoms with Crippen LogP contribution in [0.2, 0.25) is 0 Å². The molecule has 1 amide bonds. The lowest BCUT2D eigenvalue weighted by molar-refractivity contribution is -0.151. The summed E-state index contributed by atoms with van der Waals surface area (Å²) >= 11 is 0. The molecule has 1 atom stereocenters. The highest BCUT2D eigenvalue weighted by Crippen LogP contribution is 2.20. The molecule has 0 radical (unpaired) electrons. The van der Waals surface area contributed by atoms with E-state index in [1.165, 1.54) is 0 Å². The molecular weight excluding hydrogens is 244 g/mol. The Morgan fingerprint density at radius 3 is 2.53 bits per heavy atom. The molecule has 5 nitrogen and oxygen atoms in total. The Balaban J connectivity index is 1.79. The van der Waals surface area contributed by atoms with Crippen molar-refractivity contribution >= 4 is 11.9 Å². The number of piperidine rings is 2. The van der Waals surface area contributed by atoms with Crippen LogP contribution in [0.25, 0.3) is 0 Å². The van der Waals surface area contributed by atoms with E-state index in [0.717, 1.165) is 38.6 Å². The summed E-state index contributed by atoms with van der Waals surface area (Å²) in [5, 5.41) is 3.29. The number of nitrogens with one attached hydrogen (secondary N) is 1. The van der Waals surface area contributed by atoms with E-state index in [4.69, 9.17) is 4.74 Å². The summed E-state index contributed by atoms with van der Waals surface area (Å²) in [4.78, 5) is 25.8. The van der Waals surface area contributed by atoms with Gasteiger partial charge in [-0.3, -0.25) is 9.59 Å². The number of carbonyl (C=O) groups is 2. The molecule has 0 saturated carbocycles. The van der Waals surface area contributed by atoms with Crippen molar-refractivity contribution in [1.29, 1.82) is 0 Å². The summed E-state index contributed by atoms with van der Waals surface area (Å²) in [6, 6.07) is -0.00658. The van der Waals surface area contributed by atoms with Crippen LogP contribution in [0.15, 0.2) is 0 Å². The molecule has 0 unspecified atom stereocenters. The summed E-state index contributed by atoms with van der Waals surface area (Å²) in [6.45, 7) is 4.56. The molecule has 0 aromatic carbocycles. The van der Waals surface area contributed by atoms with Crippen LogP contribution in [0.5, 0.6) is 0 Å². The zero-order valence-electron chi connectivity index (χ0n) is 11.7.